The van der Waals surface area contributed by atoms with Crippen LogP contribution in [-0.2, 0) is 0 Å². The van der Waals surface area contributed by atoms with E-state index in [1.54, 1.807) is 48.5 Å². The topological polar surface area (TPSA) is 43.4 Å². The SMILES string of the molecule is Cc1ccccc1C(=O)Oc1cccc(/C=C/C(=O)c2ccccc2)c1. The van der Waals surface area contributed by atoms with E-state index in [-0.39, 0.29) is 5.78 Å². The Morgan fingerprint density at radius 3 is 2.35 bits per heavy atom. The molecule has 3 nitrogen and oxygen atoms in total. The summed E-state index contributed by atoms with van der Waals surface area (Å²) in [4.78, 5) is 24.4. The van der Waals surface area contributed by atoms with Crippen LogP contribution in [0.15, 0.2) is 84.9 Å². The lowest BCUT2D eigenvalue weighted by molar-refractivity contribution is 0.0733. The molecule has 0 saturated carbocycles. The number of carbonyl (C=O) groups is 2. The number of rotatable bonds is 5. The van der Waals surface area contributed by atoms with Crippen molar-refractivity contribution in [3.05, 3.63) is 107 Å². The van der Waals surface area contributed by atoms with Gasteiger partial charge in [-0.25, -0.2) is 4.79 Å². The molecule has 0 bridgehead atoms. The van der Waals surface area contributed by atoms with Crippen molar-refractivity contribution in [2.45, 2.75) is 6.92 Å². The van der Waals surface area contributed by atoms with Crippen molar-refractivity contribution < 1.29 is 14.3 Å². The standard InChI is InChI=1S/C23H18O3/c1-17-8-5-6-13-21(17)23(25)26-20-12-7-9-18(16-20)14-15-22(24)19-10-3-2-4-11-19/h2-16H,1H3/b15-14+. The summed E-state index contributed by atoms with van der Waals surface area (Å²) in [6.07, 6.45) is 3.22. The maximum absolute atomic E-state index is 12.3. The van der Waals surface area contributed by atoms with Crippen LogP contribution in [0.1, 0.15) is 31.8 Å². The lowest BCUT2D eigenvalue weighted by atomic mass is 10.1. The predicted molar refractivity (Wildman–Crippen MR) is 102 cm³/mol. The highest BCUT2D eigenvalue weighted by molar-refractivity contribution is 6.06. The monoisotopic (exact) mass is 342 g/mol. The van der Waals surface area contributed by atoms with Crippen LogP contribution in [0.3, 0.4) is 0 Å². The molecule has 128 valence electrons. The van der Waals surface area contributed by atoms with Gasteiger partial charge in [-0.1, -0.05) is 66.7 Å². The fourth-order valence-corrected chi connectivity index (χ4v) is 2.52. The molecule has 3 heteroatoms. The van der Waals surface area contributed by atoms with Gasteiger partial charge in [0.1, 0.15) is 5.75 Å². The molecule has 0 saturated heterocycles. The Hall–Kier alpha value is -3.46. The van der Waals surface area contributed by atoms with E-state index in [0.717, 1.165) is 11.1 Å². The van der Waals surface area contributed by atoms with Gasteiger partial charge >= 0.3 is 5.97 Å². The van der Waals surface area contributed by atoms with Crippen LogP contribution in [-0.4, -0.2) is 11.8 Å². The Kier molecular flexibility index (Phi) is 5.40. The number of benzene rings is 3. The van der Waals surface area contributed by atoms with E-state index >= 15 is 0 Å². The second-order valence-electron chi connectivity index (χ2n) is 5.84. The Labute approximate surface area is 152 Å². The zero-order valence-corrected chi connectivity index (χ0v) is 14.4. The van der Waals surface area contributed by atoms with Gasteiger partial charge in [-0.15, -0.1) is 0 Å². The van der Waals surface area contributed by atoms with E-state index in [0.29, 0.717) is 16.9 Å². The zero-order valence-electron chi connectivity index (χ0n) is 14.4. The number of allylic oxidation sites excluding steroid dienone is 1. The third-order valence-electron chi connectivity index (χ3n) is 3.92. The van der Waals surface area contributed by atoms with Crippen molar-refractivity contribution in [1.82, 2.24) is 0 Å². The van der Waals surface area contributed by atoms with Gasteiger partial charge in [0.2, 0.25) is 0 Å². The van der Waals surface area contributed by atoms with E-state index < -0.39 is 5.97 Å². The molecule has 3 rings (SSSR count). The quantitative estimate of drug-likeness (QED) is 0.280. The van der Waals surface area contributed by atoms with Crippen molar-refractivity contribution >= 4 is 17.8 Å². The molecule has 0 unspecified atom stereocenters. The fraction of sp³-hybridized carbons (Fsp3) is 0.0435. The van der Waals surface area contributed by atoms with Gasteiger partial charge < -0.3 is 4.74 Å². The summed E-state index contributed by atoms with van der Waals surface area (Å²) in [6, 6.07) is 23.4. The van der Waals surface area contributed by atoms with Crippen LogP contribution in [0.5, 0.6) is 5.75 Å². The van der Waals surface area contributed by atoms with E-state index in [2.05, 4.69) is 0 Å². The van der Waals surface area contributed by atoms with Gasteiger partial charge in [0.05, 0.1) is 5.56 Å². The lowest BCUT2D eigenvalue weighted by Crippen LogP contribution is -2.10. The first-order valence-corrected chi connectivity index (χ1v) is 8.29. The maximum Gasteiger partial charge on any atom is 0.343 e. The number of hydrogen-bond acceptors (Lipinski definition) is 3. The molecule has 0 atom stereocenters. The fourth-order valence-electron chi connectivity index (χ4n) is 2.52. The molecule has 0 amide bonds. The molecule has 0 aliphatic heterocycles. The third-order valence-corrected chi connectivity index (χ3v) is 3.92. The van der Waals surface area contributed by atoms with Gasteiger partial charge in [0, 0.05) is 5.56 Å². The van der Waals surface area contributed by atoms with Crippen LogP contribution in [0.2, 0.25) is 0 Å². The second kappa shape index (κ2) is 8.08. The minimum atomic E-state index is -0.399. The first kappa shape index (κ1) is 17.4. The molecule has 0 heterocycles. The van der Waals surface area contributed by atoms with Crippen molar-refractivity contribution in [2.75, 3.05) is 0 Å². The maximum atomic E-state index is 12.3. The number of aryl methyl sites for hydroxylation is 1. The Balaban J connectivity index is 1.72. The van der Waals surface area contributed by atoms with Gasteiger partial charge in [0.15, 0.2) is 5.78 Å². The zero-order chi connectivity index (χ0) is 18.4. The summed E-state index contributed by atoms with van der Waals surface area (Å²) in [6.45, 7) is 1.87. The average molecular weight is 342 g/mol. The molecule has 3 aromatic rings. The summed E-state index contributed by atoms with van der Waals surface area (Å²) >= 11 is 0. The summed E-state index contributed by atoms with van der Waals surface area (Å²) in [5.74, 6) is -0.0370. The van der Waals surface area contributed by atoms with Crippen LogP contribution in [0, 0.1) is 6.92 Å². The van der Waals surface area contributed by atoms with Crippen LogP contribution in [0.4, 0.5) is 0 Å². The molecule has 0 spiro atoms. The number of ether oxygens (including phenoxy) is 1. The summed E-state index contributed by atoms with van der Waals surface area (Å²) in [7, 11) is 0. The largest absolute Gasteiger partial charge is 0.423 e. The van der Waals surface area contributed by atoms with Crippen molar-refractivity contribution in [3.8, 4) is 5.75 Å². The molecule has 0 aromatic heterocycles. The van der Waals surface area contributed by atoms with Crippen LogP contribution >= 0.6 is 0 Å². The minimum absolute atomic E-state index is 0.0760. The molecule has 26 heavy (non-hydrogen) atoms. The van der Waals surface area contributed by atoms with Crippen LogP contribution < -0.4 is 4.74 Å². The minimum Gasteiger partial charge on any atom is -0.423 e. The molecule has 0 aliphatic rings. The highest BCUT2D eigenvalue weighted by atomic mass is 16.5. The summed E-state index contributed by atoms with van der Waals surface area (Å²) in [5.41, 5.74) is 2.81. The van der Waals surface area contributed by atoms with E-state index in [1.165, 1.54) is 6.08 Å². The molecular weight excluding hydrogens is 324 g/mol. The third kappa shape index (κ3) is 4.33. The number of esters is 1. The first-order chi connectivity index (χ1) is 12.6. The van der Waals surface area contributed by atoms with Gasteiger partial charge in [-0.05, 0) is 42.3 Å². The molecule has 0 radical (unpaired) electrons. The van der Waals surface area contributed by atoms with Crippen molar-refractivity contribution in [3.63, 3.8) is 0 Å². The number of hydrogen-bond donors (Lipinski definition) is 0. The van der Waals surface area contributed by atoms with Gasteiger partial charge in [-0.2, -0.15) is 0 Å². The van der Waals surface area contributed by atoms with E-state index in [1.807, 2.05) is 43.3 Å². The van der Waals surface area contributed by atoms with Crippen LogP contribution in [0.25, 0.3) is 6.08 Å². The first-order valence-electron chi connectivity index (χ1n) is 8.29. The summed E-state index contributed by atoms with van der Waals surface area (Å²) in [5, 5.41) is 0. The van der Waals surface area contributed by atoms with Gasteiger partial charge in [0.25, 0.3) is 0 Å². The highest BCUT2D eigenvalue weighted by Gasteiger charge is 2.11. The molecule has 0 N–H and O–H groups in total. The van der Waals surface area contributed by atoms with Crippen molar-refractivity contribution in [2.24, 2.45) is 0 Å². The number of carbonyl (C=O) groups excluding carboxylic acids is 2. The smallest absolute Gasteiger partial charge is 0.343 e. The number of ketones is 1. The van der Waals surface area contributed by atoms with E-state index in [4.69, 9.17) is 4.74 Å². The summed E-state index contributed by atoms with van der Waals surface area (Å²) < 4.78 is 5.46. The molecule has 0 aliphatic carbocycles. The van der Waals surface area contributed by atoms with Crippen molar-refractivity contribution in [1.29, 1.82) is 0 Å². The normalized spacial score (nSPS) is 10.7. The predicted octanol–water partition coefficient (Wildman–Crippen LogP) is 5.11. The van der Waals surface area contributed by atoms with Gasteiger partial charge in [-0.3, -0.25) is 4.79 Å². The molecule has 0 fully saturated rings. The Bertz CT molecular complexity index is 956. The lowest BCUT2D eigenvalue weighted by Gasteiger charge is -2.07. The second-order valence-corrected chi connectivity index (χ2v) is 5.84. The van der Waals surface area contributed by atoms with E-state index in [9.17, 15) is 9.59 Å². The molecular formula is C23H18O3. The Morgan fingerprint density at radius 1 is 0.846 bits per heavy atom. The highest BCUT2D eigenvalue weighted by Crippen LogP contribution is 2.18. The Morgan fingerprint density at radius 2 is 1.58 bits per heavy atom. The molecule has 3 aromatic carbocycles. The average Bonchev–Trinajstić information content (AvgIpc) is 2.67.